The Kier molecular flexibility index (Phi) is 3.97. The molecule has 1 aromatic heterocycles. The lowest BCUT2D eigenvalue weighted by Gasteiger charge is -2.33. The van der Waals surface area contributed by atoms with Crippen LogP contribution in [0.25, 0.3) is 0 Å². The monoisotopic (exact) mass is 253 g/mol. The second-order valence-corrected chi connectivity index (χ2v) is 4.62. The van der Waals surface area contributed by atoms with Gasteiger partial charge in [-0.1, -0.05) is 17.7 Å². The van der Waals surface area contributed by atoms with Crippen LogP contribution in [-0.4, -0.2) is 46.9 Å². The molecule has 0 radical (unpaired) electrons. The summed E-state index contributed by atoms with van der Waals surface area (Å²) in [5.74, 6) is 0.158. The van der Waals surface area contributed by atoms with Crippen LogP contribution < -0.4 is 0 Å². The van der Waals surface area contributed by atoms with E-state index in [4.69, 9.17) is 11.6 Å². The van der Waals surface area contributed by atoms with E-state index in [2.05, 4.69) is 9.88 Å². The van der Waals surface area contributed by atoms with E-state index >= 15 is 0 Å². The number of hydrogen-bond donors (Lipinski definition) is 0. The Morgan fingerprint density at radius 3 is 2.65 bits per heavy atom. The molecule has 4 nitrogen and oxygen atoms in total. The third-order valence-electron chi connectivity index (χ3n) is 2.98. The smallest absolute Gasteiger partial charge is 0.219 e. The van der Waals surface area contributed by atoms with E-state index in [1.807, 2.05) is 17.0 Å². The van der Waals surface area contributed by atoms with Gasteiger partial charge in [-0.25, -0.2) is 4.98 Å². The van der Waals surface area contributed by atoms with Gasteiger partial charge in [-0.05, 0) is 12.1 Å². The maximum Gasteiger partial charge on any atom is 0.219 e. The summed E-state index contributed by atoms with van der Waals surface area (Å²) >= 11 is 5.84. The minimum Gasteiger partial charge on any atom is -0.340 e. The summed E-state index contributed by atoms with van der Waals surface area (Å²) in [6.45, 7) is 5.81. The highest BCUT2D eigenvalue weighted by molar-refractivity contribution is 6.29. The van der Waals surface area contributed by atoms with Crippen LogP contribution in [-0.2, 0) is 11.3 Å². The topological polar surface area (TPSA) is 36.4 Å². The zero-order valence-corrected chi connectivity index (χ0v) is 10.7. The molecular formula is C12H16ClN3O. The predicted octanol–water partition coefficient (Wildman–Crippen LogP) is 1.40. The average molecular weight is 254 g/mol. The fraction of sp³-hybridized carbons (Fsp3) is 0.500. The molecule has 5 heteroatoms. The minimum atomic E-state index is 0.158. The van der Waals surface area contributed by atoms with Gasteiger partial charge in [0.25, 0.3) is 0 Å². The first-order valence-corrected chi connectivity index (χ1v) is 6.12. The van der Waals surface area contributed by atoms with Crippen molar-refractivity contribution in [3.63, 3.8) is 0 Å². The van der Waals surface area contributed by atoms with Crippen molar-refractivity contribution in [3.8, 4) is 0 Å². The van der Waals surface area contributed by atoms with Crippen LogP contribution in [0.15, 0.2) is 18.2 Å². The van der Waals surface area contributed by atoms with Gasteiger partial charge >= 0.3 is 0 Å². The third kappa shape index (κ3) is 3.41. The van der Waals surface area contributed by atoms with Crippen molar-refractivity contribution in [2.24, 2.45) is 0 Å². The van der Waals surface area contributed by atoms with Gasteiger partial charge in [0.15, 0.2) is 0 Å². The number of halogens is 1. The Bertz CT molecular complexity index is 402. The number of aromatic nitrogens is 1. The minimum absolute atomic E-state index is 0.158. The summed E-state index contributed by atoms with van der Waals surface area (Å²) in [6.07, 6.45) is 0. The van der Waals surface area contributed by atoms with Crippen molar-refractivity contribution in [2.45, 2.75) is 13.5 Å². The molecule has 1 aliphatic rings. The van der Waals surface area contributed by atoms with Crippen LogP contribution in [0.4, 0.5) is 0 Å². The number of carbonyl (C=O) groups excluding carboxylic acids is 1. The van der Waals surface area contributed by atoms with Crippen LogP contribution >= 0.6 is 11.6 Å². The van der Waals surface area contributed by atoms with E-state index in [0.29, 0.717) is 5.15 Å². The van der Waals surface area contributed by atoms with Crippen LogP contribution in [0.5, 0.6) is 0 Å². The lowest BCUT2D eigenvalue weighted by atomic mass is 10.2. The maximum atomic E-state index is 11.2. The number of carbonyl (C=O) groups is 1. The van der Waals surface area contributed by atoms with Crippen LogP contribution in [0.1, 0.15) is 12.6 Å². The molecular weight excluding hydrogens is 238 g/mol. The summed E-state index contributed by atoms with van der Waals surface area (Å²) in [7, 11) is 0. The first-order chi connectivity index (χ1) is 8.15. The van der Waals surface area contributed by atoms with Crippen molar-refractivity contribution in [1.82, 2.24) is 14.8 Å². The summed E-state index contributed by atoms with van der Waals surface area (Å²) in [4.78, 5) is 19.6. The normalized spacial score (nSPS) is 17.2. The van der Waals surface area contributed by atoms with Crippen molar-refractivity contribution >= 4 is 17.5 Å². The van der Waals surface area contributed by atoms with E-state index in [0.717, 1.165) is 38.4 Å². The number of pyridine rings is 1. The maximum absolute atomic E-state index is 11.2. The van der Waals surface area contributed by atoms with Crippen molar-refractivity contribution in [2.75, 3.05) is 26.2 Å². The van der Waals surface area contributed by atoms with E-state index in [1.54, 1.807) is 13.0 Å². The third-order valence-corrected chi connectivity index (χ3v) is 3.19. The number of hydrogen-bond acceptors (Lipinski definition) is 3. The molecule has 0 aromatic carbocycles. The van der Waals surface area contributed by atoms with Gasteiger partial charge < -0.3 is 4.90 Å². The van der Waals surface area contributed by atoms with E-state index in [-0.39, 0.29) is 5.91 Å². The average Bonchev–Trinajstić information content (AvgIpc) is 2.29. The molecule has 0 N–H and O–H groups in total. The molecule has 2 heterocycles. The Labute approximate surface area is 106 Å². The fourth-order valence-electron chi connectivity index (χ4n) is 1.99. The Morgan fingerprint density at radius 1 is 1.35 bits per heavy atom. The quantitative estimate of drug-likeness (QED) is 0.748. The molecule has 17 heavy (non-hydrogen) atoms. The molecule has 0 bridgehead atoms. The highest BCUT2D eigenvalue weighted by Gasteiger charge is 2.18. The van der Waals surface area contributed by atoms with E-state index in [1.165, 1.54) is 0 Å². The number of amides is 1. The van der Waals surface area contributed by atoms with Gasteiger partial charge in [-0.2, -0.15) is 0 Å². The molecule has 1 aliphatic heterocycles. The second kappa shape index (κ2) is 5.47. The Hall–Kier alpha value is -1.13. The molecule has 92 valence electrons. The number of piperazine rings is 1. The van der Waals surface area contributed by atoms with Crippen molar-refractivity contribution < 1.29 is 4.79 Å². The Balaban J connectivity index is 1.88. The molecule has 0 unspecified atom stereocenters. The molecule has 0 aliphatic carbocycles. The summed E-state index contributed by atoms with van der Waals surface area (Å²) in [6, 6.07) is 5.67. The van der Waals surface area contributed by atoms with Crippen LogP contribution in [0.3, 0.4) is 0 Å². The standard InChI is InChI=1S/C12H16ClN3O/c1-10(17)16-7-5-15(6-8-16)9-11-3-2-4-12(13)14-11/h2-4H,5-9H2,1H3. The zero-order chi connectivity index (χ0) is 12.3. The molecule has 1 aromatic rings. The van der Waals surface area contributed by atoms with Gasteiger partial charge in [0.05, 0.1) is 5.69 Å². The first-order valence-electron chi connectivity index (χ1n) is 5.74. The van der Waals surface area contributed by atoms with E-state index < -0.39 is 0 Å². The number of nitrogens with zero attached hydrogens (tertiary/aromatic N) is 3. The largest absolute Gasteiger partial charge is 0.340 e. The molecule has 0 saturated carbocycles. The van der Waals surface area contributed by atoms with Crippen LogP contribution in [0.2, 0.25) is 5.15 Å². The molecule has 0 spiro atoms. The lowest BCUT2D eigenvalue weighted by molar-refractivity contribution is -0.130. The van der Waals surface area contributed by atoms with Gasteiger partial charge in [-0.3, -0.25) is 9.69 Å². The van der Waals surface area contributed by atoms with Crippen LogP contribution in [0, 0.1) is 0 Å². The van der Waals surface area contributed by atoms with Gasteiger partial charge in [0.2, 0.25) is 5.91 Å². The van der Waals surface area contributed by atoms with E-state index in [9.17, 15) is 4.79 Å². The van der Waals surface area contributed by atoms with Gasteiger partial charge in [0, 0.05) is 39.6 Å². The second-order valence-electron chi connectivity index (χ2n) is 4.23. The summed E-state index contributed by atoms with van der Waals surface area (Å²) in [5.41, 5.74) is 0.980. The first kappa shape index (κ1) is 12.3. The molecule has 1 fully saturated rings. The SMILES string of the molecule is CC(=O)N1CCN(Cc2cccc(Cl)n2)CC1. The molecule has 2 rings (SSSR count). The highest BCUT2D eigenvalue weighted by Crippen LogP contribution is 2.10. The summed E-state index contributed by atoms with van der Waals surface area (Å²) in [5, 5.41) is 0.532. The number of rotatable bonds is 2. The van der Waals surface area contributed by atoms with Gasteiger partial charge in [-0.15, -0.1) is 0 Å². The highest BCUT2D eigenvalue weighted by atomic mass is 35.5. The molecule has 0 atom stereocenters. The van der Waals surface area contributed by atoms with Gasteiger partial charge in [0.1, 0.15) is 5.15 Å². The zero-order valence-electron chi connectivity index (χ0n) is 9.90. The van der Waals surface area contributed by atoms with Crippen molar-refractivity contribution in [3.05, 3.63) is 29.0 Å². The lowest BCUT2D eigenvalue weighted by Crippen LogP contribution is -2.47. The molecule has 1 saturated heterocycles. The fourth-order valence-corrected chi connectivity index (χ4v) is 2.17. The van der Waals surface area contributed by atoms with Crippen molar-refractivity contribution in [1.29, 1.82) is 0 Å². The summed E-state index contributed by atoms with van der Waals surface area (Å²) < 4.78 is 0. The molecule has 1 amide bonds. The Morgan fingerprint density at radius 2 is 2.06 bits per heavy atom. The predicted molar refractivity (Wildman–Crippen MR) is 66.8 cm³/mol.